The number of piperidine rings is 1. The fourth-order valence-corrected chi connectivity index (χ4v) is 4.57. The molecular formula is C24H28N4O4S. The Hall–Kier alpha value is -3.59. The van der Waals surface area contributed by atoms with Crippen molar-refractivity contribution in [3.63, 3.8) is 0 Å². The molecule has 3 aromatic rings. The predicted octanol–water partition coefficient (Wildman–Crippen LogP) is 4.40. The molecule has 4 rings (SSSR count). The number of nitrogens with zero attached hydrogens (tertiary/aromatic N) is 2. The molecule has 0 saturated carbocycles. The van der Waals surface area contributed by atoms with Gasteiger partial charge in [-0.05, 0) is 37.0 Å². The largest absolute Gasteiger partial charge is 0.483 e. The number of carboxylic acid groups (broad SMARTS) is 2. The van der Waals surface area contributed by atoms with E-state index in [0.29, 0.717) is 19.0 Å². The van der Waals surface area contributed by atoms with Gasteiger partial charge in [-0.1, -0.05) is 42.5 Å². The summed E-state index contributed by atoms with van der Waals surface area (Å²) < 4.78 is 0. The van der Waals surface area contributed by atoms with Crippen LogP contribution < -0.4 is 15.5 Å². The third kappa shape index (κ3) is 7.50. The number of nitrogens with one attached hydrogen (secondary N) is 2. The highest BCUT2D eigenvalue weighted by atomic mass is 32.1. The van der Waals surface area contributed by atoms with Crippen LogP contribution in [0.15, 0.2) is 60.0 Å². The number of carbonyl (C=O) groups is 2. The summed E-state index contributed by atoms with van der Waals surface area (Å²) in [6.45, 7) is 2.18. The van der Waals surface area contributed by atoms with Gasteiger partial charge < -0.3 is 25.7 Å². The SMILES string of the molecule is O=C(O)NCCc1ccc(NC2CCN(c3nc(-c4ccccc4)cs3)CC2)cc1.O=CO. The Morgan fingerprint density at radius 2 is 1.79 bits per heavy atom. The standard InChI is InChI=1S/C23H26N4O2S.CH2O2/c28-23(29)24-13-10-17-6-8-19(9-7-17)25-20-11-14-27(15-12-20)22-26-21(16-30-22)18-4-2-1-3-5-18;2-1-3/h1-9,16,20,24-25H,10-15H2,(H,28,29);1H,(H,2,3). The summed E-state index contributed by atoms with van der Waals surface area (Å²) in [5, 5.41) is 24.8. The van der Waals surface area contributed by atoms with E-state index in [0.717, 1.165) is 48.0 Å². The van der Waals surface area contributed by atoms with E-state index >= 15 is 0 Å². The molecule has 1 amide bonds. The summed E-state index contributed by atoms with van der Waals surface area (Å²) in [4.78, 5) is 26.1. The van der Waals surface area contributed by atoms with Gasteiger partial charge in [-0.3, -0.25) is 4.79 Å². The van der Waals surface area contributed by atoms with Gasteiger partial charge in [0.1, 0.15) is 0 Å². The molecule has 2 heterocycles. The van der Waals surface area contributed by atoms with Crippen LogP contribution in [-0.4, -0.2) is 53.4 Å². The Labute approximate surface area is 196 Å². The second kappa shape index (κ2) is 12.4. The van der Waals surface area contributed by atoms with Crippen LogP contribution in [0.5, 0.6) is 0 Å². The fraction of sp³-hybridized carbons (Fsp3) is 0.292. The van der Waals surface area contributed by atoms with Crippen LogP contribution in [0, 0.1) is 0 Å². The molecule has 1 saturated heterocycles. The van der Waals surface area contributed by atoms with Crippen LogP contribution in [0.25, 0.3) is 11.3 Å². The zero-order valence-corrected chi connectivity index (χ0v) is 19.0. The third-order valence-corrected chi connectivity index (χ3v) is 6.24. The minimum absolute atomic E-state index is 0.250. The normalized spacial score (nSPS) is 13.5. The molecule has 0 bridgehead atoms. The van der Waals surface area contributed by atoms with Crippen LogP contribution in [0.3, 0.4) is 0 Å². The van der Waals surface area contributed by atoms with E-state index in [9.17, 15) is 4.79 Å². The van der Waals surface area contributed by atoms with Crippen molar-refractivity contribution in [2.45, 2.75) is 25.3 Å². The van der Waals surface area contributed by atoms with E-state index in [1.165, 1.54) is 5.56 Å². The molecule has 0 atom stereocenters. The smallest absolute Gasteiger partial charge is 0.404 e. The van der Waals surface area contributed by atoms with E-state index in [4.69, 9.17) is 20.0 Å². The summed E-state index contributed by atoms with van der Waals surface area (Å²) >= 11 is 1.72. The van der Waals surface area contributed by atoms with E-state index in [1.54, 1.807) is 11.3 Å². The molecule has 0 aliphatic carbocycles. The summed E-state index contributed by atoms with van der Waals surface area (Å²) in [5.41, 5.74) is 4.46. The van der Waals surface area contributed by atoms with Crippen LogP contribution in [-0.2, 0) is 11.2 Å². The first-order chi connectivity index (χ1) is 16.1. The zero-order valence-electron chi connectivity index (χ0n) is 18.2. The monoisotopic (exact) mass is 468 g/mol. The van der Waals surface area contributed by atoms with Gasteiger partial charge in [-0.2, -0.15) is 0 Å². The van der Waals surface area contributed by atoms with Crippen molar-refractivity contribution in [2.75, 3.05) is 29.9 Å². The summed E-state index contributed by atoms with van der Waals surface area (Å²) in [5.74, 6) is 0. The van der Waals surface area contributed by atoms with Crippen molar-refractivity contribution >= 4 is 34.7 Å². The van der Waals surface area contributed by atoms with Crippen LogP contribution in [0.4, 0.5) is 15.6 Å². The van der Waals surface area contributed by atoms with Crippen molar-refractivity contribution in [1.29, 1.82) is 0 Å². The molecule has 9 heteroatoms. The van der Waals surface area contributed by atoms with E-state index in [1.807, 2.05) is 18.2 Å². The Bertz CT molecular complexity index is 1000. The van der Waals surface area contributed by atoms with Crippen molar-refractivity contribution < 1.29 is 19.8 Å². The molecule has 8 nitrogen and oxygen atoms in total. The summed E-state index contributed by atoms with van der Waals surface area (Å²) in [7, 11) is 0. The molecule has 1 aliphatic rings. The van der Waals surface area contributed by atoms with E-state index in [2.05, 4.69) is 57.3 Å². The lowest BCUT2D eigenvalue weighted by molar-refractivity contribution is -0.122. The highest BCUT2D eigenvalue weighted by Crippen LogP contribution is 2.29. The van der Waals surface area contributed by atoms with Crippen molar-refractivity contribution in [3.05, 3.63) is 65.5 Å². The number of anilines is 2. The topological polar surface area (TPSA) is 115 Å². The lowest BCUT2D eigenvalue weighted by Gasteiger charge is -2.32. The first kappa shape index (κ1) is 24.1. The molecule has 1 aliphatic heterocycles. The van der Waals surface area contributed by atoms with Gasteiger partial charge in [0.25, 0.3) is 6.47 Å². The second-order valence-corrected chi connectivity index (χ2v) is 8.41. The lowest BCUT2D eigenvalue weighted by Crippen LogP contribution is -2.39. The number of aromatic nitrogens is 1. The Morgan fingerprint density at radius 1 is 1.12 bits per heavy atom. The van der Waals surface area contributed by atoms with E-state index < -0.39 is 6.09 Å². The molecule has 1 aromatic heterocycles. The van der Waals surface area contributed by atoms with Crippen LogP contribution in [0.1, 0.15) is 18.4 Å². The summed E-state index contributed by atoms with van der Waals surface area (Å²) in [6.07, 6.45) is 1.87. The maximum Gasteiger partial charge on any atom is 0.404 e. The van der Waals surface area contributed by atoms with Gasteiger partial charge in [-0.15, -0.1) is 11.3 Å². The van der Waals surface area contributed by atoms with Gasteiger partial charge in [0, 0.05) is 42.3 Å². The molecular weight excluding hydrogens is 440 g/mol. The predicted molar refractivity (Wildman–Crippen MR) is 131 cm³/mol. The van der Waals surface area contributed by atoms with Crippen molar-refractivity contribution in [3.8, 4) is 11.3 Å². The Kier molecular flexibility index (Phi) is 9.08. The fourth-order valence-electron chi connectivity index (χ4n) is 3.68. The average Bonchev–Trinajstić information content (AvgIpc) is 3.32. The summed E-state index contributed by atoms with van der Waals surface area (Å²) in [6, 6.07) is 19.0. The van der Waals surface area contributed by atoms with Gasteiger partial charge in [-0.25, -0.2) is 9.78 Å². The van der Waals surface area contributed by atoms with Crippen molar-refractivity contribution in [2.24, 2.45) is 0 Å². The molecule has 0 radical (unpaired) electrons. The Morgan fingerprint density at radius 3 is 2.42 bits per heavy atom. The van der Waals surface area contributed by atoms with Gasteiger partial charge in [0.15, 0.2) is 5.13 Å². The molecule has 4 N–H and O–H groups in total. The minimum Gasteiger partial charge on any atom is -0.483 e. The molecule has 33 heavy (non-hydrogen) atoms. The number of thiazole rings is 1. The molecule has 2 aromatic carbocycles. The molecule has 174 valence electrons. The second-order valence-electron chi connectivity index (χ2n) is 7.57. The highest BCUT2D eigenvalue weighted by molar-refractivity contribution is 7.14. The van der Waals surface area contributed by atoms with Crippen LogP contribution >= 0.6 is 11.3 Å². The molecule has 1 fully saturated rings. The van der Waals surface area contributed by atoms with Gasteiger partial charge >= 0.3 is 6.09 Å². The quantitative estimate of drug-likeness (QED) is 0.380. The zero-order chi connectivity index (χ0) is 23.5. The number of hydrogen-bond donors (Lipinski definition) is 4. The average molecular weight is 469 g/mol. The number of amides is 1. The van der Waals surface area contributed by atoms with Gasteiger partial charge in [0.2, 0.25) is 0 Å². The first-order valence-electron chi connectivity index (χ1n) is 10.7. The number of benzene rings is 2. The maximum atomic E-state index is 10.5. The Balaban J connectivity index is 0.000000968. The lowest BCUT2D eigenvalue weighted by atomic mass is 10.0. The molecule has 0 spiro atoms. The third-order valence-electron chi connectivity index (χ3n) is 5.34. The molecule has 0 unspecified atom stereocenters. The number of hydrogen-bond acceptors (Lipinski definition) is 6. The minimum atomic E-state index is -0.978. The van der Waals surface area contributed by atoms with E-state index in [-0.39, 0.29) is 6.47 Å². The van der Waals surface area contributed by atoms with Crippen molar-refractivity contribution in [1.82, 2.24) is 10.3 Å². The number of rotatable bonds is 7. The van der Waals surface area contributed by atoms with Crippen LogP contribution in [0.2, 0.25) is 0 Å². The maximum absolute atomic E-state index is 10.5. The first-order valence-corrected chi connectivity index (χ1v) is 11.6. The van der Waals surface area contributed by atoms with Gasteiger partial charge in [0.05, 0.1) is 5.69 Å². The highest BCUT2D eigenvalue weighted by Gasteiger charge is 2.21.